The van der Waals surface area contributed by atoms with Gasteiger partial charge in [0.25, 0.3) is 0 Å². The van der Waals surface area contributed by atoms with Gasteiger partial charge in [-0.2, -0.15) is 0 Å². The summed E-state index contributed by atoms with van der Waals surface area (Å²) in [6, 6.07) is 4.13. The molecule has 1 aromatic rings. The van der Waals surface area contributed by atoms with E-state index in [0.717, 1.165) is 0 Å². The molecule has 0 radical (unpaired) electrons. The molecule has 1 rings (SSSR count). The van der Waals surface area contributed by atoms with Crippen LogP contribution in [0.3, 0.4) is 0 Å². The maximum atomic E-state index is 11.8. The van der Waals surface area contributed by atoms with Crippen molar-refractivity contribution in [3.63, 3.8) is 0 Å². The summed E-state index contributed by atoms with van der Waals surface area (Å²) in [4.78, 5) is 9.99. The summed E-state index contributed by atoms with van der Waals surface area (Å²) in [6.07, 6.45) is -1.85. The minimum absolute atomic E-state index is 0.0974. The summed E-state index contributed by atoms with van der Waals surface area (Å²) in [5.74, 6) is -1.54. The lowest BCUT2D eigenvalue weighted by Gasteiger charge is -2.11. The first-order valence-corrected chi connectivity index (χ1v) is 6.84. The SMILES string of the molecule is O=C(O)[C@@H](O)CNS(=O)(=O)c1c(Cl)cccc1Cl. The Balaban J connectivity index is 2.98. The van der Waals surface area contributed by atoms with Gasteiger partial charge in [-0.25, -0.2) is 17.9 Å². The predicted molar refractivity (Wildman–Crippen MR) is 65.3 cm³/mol. The fourth-order valence-corrected chi connectivity index (χ4v) is 3.27. The number of sulfonamides is 1. The Kier molecular flexibility index (Phi) is 4.94. The Labute approximate surface area is 113 Å². The van der Waals surface area contributed by atoms with Crippen molar-refractivity contribution in [1.29, 1.82) is 0 Å². The van der Waals surface area contributed by atoms with Crippen LogP contribution in [0.15, 0.2) is 23.1 Å². The fraction of sp³-hybridized carbons (Fsp3) is 0.222. The molecule has 0 saturated heterocycles. The number of hydrogen-bond donors (Lipinski definition) is 3. The van der Waals surface area contributed by atoms with E-state index in [1.165, 1.54) is 18.2 Å². The molecule has 0 unspecified atom stereocenters. The molecule has 6 nitrogen and oxygen atoms in total. The van der Waals surface area contributed by atoms with Crippen LogP contribution in [0.1, 0.15) is 0 Å². The van der Waals surface area contributed by atoms with Gasteiger partial charge >= 0.3 is 5.97 Å². The third-order valence-electron chi connectivity index (χ3n) is 1.94. The summed E-state index contributed by atoms with van der Waals surface area (Å²) in [7, 11) is -4.09. The normalized spacial score (nSPS) is 13.3. The topological polar surface area (TPSA) is 104 Å². The summed E-state index contributed by atoms with van der Waals surface area (Å²) >= 11 is 11.4. The first-order chi connectivity index (χ1) is 8.25. The lowest BCUT2D eigenvalue weighted by molar-refractivity contribution is -0.146. The van der Waals surface area contributed by atoms with E-state index in [4.69, 9.17) is 33.4 Å². The third-order valence-corrected chi connectivity index (χ3v) is 4.32. The number of carboxylic acid groups (broad SMARTS) is 1. The van der Waals surface area contributed by atoms with Gasteiger partial charge in [-0.3, -0.25) is 0 Å². The highest BCUT2D eigenvalue weighted by Crippen LogP contribution is 2.28. The van der Waals surface area contributed by atoms with Crippen LogP contribution in [-0.2, 0) is 14.8 Å². The minimum Gasteiger partial charge on any atom is -0.479 e. The second-order valence-corrected chi connectivity index (χ2v) is 5.77. The Morgan fingerprint density at radius 3 is 2.28 bits per heavy atom. The summed E-state index contributed by atoms with van der Waals surface area (Å²) in [5.41, 5.74) is 0. The molecule has 1 aromatic carbocycles. The van der Waals surface area contributed by atoms with Crippen molar-refractivity contribution in [2.45, 2.75) is 11.0 Å². The quantitative estimate of drug-likeness (QED) is 0.743. The van der Waals surface area contributed by atoms with Crippen molar-refractivity contribution >= 4 is 39.2 Å². The highest BCUT2D eigenvalue weighted by Gasteiger charge is 2.23. The van der Waals surface area contributed by atoms with Gasteiger partial charge in [-0.05, 0) is 12.1 Å². The van der Waals surface area contributed by atoms with Crippen LogP contribution in [0.25, 0.3) is 0 Å². The number of carbonyl (C=O) groups is 1. The highest BCUT2D eigenvalue weighted by atomic mass is 35.5. The molecule has 9 heteroatoms. The van der Waals surface area contributed by atoms with Crippen LogP contribution >= 0.6 is 23.2 Å². The molecule has 0 heterocycles. The number of aliphatic hydroxyl groups excluding tert-OH is 1. The molecule has 3 N–H and O–H groups in total. The molecule has 0 aromatic heterocycles. The van der Waals surface area contributed by atoms with Gasteiger partial charge in [0.2, 0.25) is 10.0 Å². The second kappa shape index (κ2) is 5.85. The molecule has 0 saturated carbocycles. The van der Waals surface area contributed by atoms with E-state index in [0.29, 0.717) is 0 Å². The number of rotatable bonds is 5. The van der Waals surface area contributed by atoms with Crippen molar-refractivity contribution in [1.82, 2.24) is 4.72 Å². The molecule has 0 fully saturated rings. The van der Waals surface area contributed by atoms with E-state index in [2.05, 4.69) is 0 Å². The van der Waals surface area contributed by atoms with Crippen molar-refractivity contribution in [2.75, 3.05) is 6.54 Å². The van der Waals surface area contributed by atoms with Crippen LogP contribution in [0, 0.1) is 0 Å². The van der Waals surface area contributed by atoms with Crippen LogP contribution < -0.4 is 4.72 Å². The Bertz CT molecular complexity index is 540. The third kappa shape index (κ3) is 3.56. The van der Waals surface area contributed by atoms with Crippen molar-refractivity contribution < 1.29 is 23.4 Å². The summed E-state index contributed by atoms with van der Waals surface area (Å²) in [6.45, 7) is -0.681. The number of halogens is 2. The maximum absolute atomic E-state index is 11.8. The molecule has 0 aliphatic rings. The first kappa shape index (κ1) is 15.2. The van der Waals surface area contributed by atoms with E-state index in [1.54, 1.807) is 0 Å². The highest BCUT2D eigenvalue weighted by molar-refractivity contribution is 7.89. The van der Waals surface area contributed by atoms with Gasteiger partial charge in [0.05, 0.1) is 10.0 Å². The zero-order chi connectivity index (χ0) is 13.9. The average Bonchev–Trinajstić information content (AvgIpc) is 2.25. The number of aliphatic hydroxyl groups is 1. The molecule has 100 valence electrons. The molecule has 0 spiro atoms. The van der Waals surface area contributed by atoms with Crippen LogP contribution in [-0.4, -0.2) is 37.2 Å². The molecule has 0 aliphatic carbocycles. The molecule has 0 amide bonds. The van der Waals surface area contributed by atoms with Gasteiger partial charge < -0.3 is 10.2 Å². The zero-order valence-corrected chi connectivity index (χ0v) is 11.1. The van der Waals surface area contributed by atoms with Gasteiger partial charge in [-0.15, -0.1) is 0 Å². The lowest BCUT2D eigenvalue weighted by atomic mass is 10.4. The number of aliphatic carboxylic acids is 1. The average molecular weight is 314 g/mol. The van der Waals surface area contributed by atoms with Crippen molar-refractivity contribution in [2.24, 2.45) is 0 Å². The summed E-state index contributed by atoms with van der Waals surface area (Å²) < 4.78 is 25.5. The van der Waals surface area contributed by atoms with Crippen molar-refractivity contribution in [3.8, 4) is 0 Å². The Morgan fingerprint density at radius 1 is 1.33 bits per heavy atom. The second-order valence-electron chi connectivity index (χ2n) is 3.26. The van der Waals surface area contributed by atoms with Gasteiger partial charge in [0, 0.05) is 6.54 Å². The van der Waals surface area contributed by atoms with Gasteiger partial charge in [-0.1, -0.05) is 29.3 Å². The van der Waals surface area contributed by atoms with Crippen LogP contribution in [0.5, 0.6) is 0 Å². The monoisotopic (exact) mass is 313 g/mol. The Hall–Kier alpha value is -0.860. The number of benzene rings is 1. The molecular weight excluding hydrogens is 305 g/mol. The van der Waals surface area contributed by atoms with E-state index in [9.17, 15) is 13.2 Å². The number of nitrogens with one attached hydrogen (secondary N) is 1. The molecule has 1 atom stereocenters. The molecule has 0 bridgehead atoms. The summed E-state index contributed by atoms with van der Waals surface area (Å²) in [5, 5.41) is 17.2. The molecule has 18 heavy (non-hydrogen) atoms. The number of hydrogen-bond acceptors (Lipinski definition) is 4. The van der Waals surface area contributed by atoms with Crippen LogP contribution in [0.2, 0.25) is 10.0 Å². The lowest BCUT2D eigenvalue weighted by Crippen LogP contribution is -2.36. The fourth-order valence-electron chi connectivity index (χ4n) is 1.09. The van der Waals surface area contributed by atoms with Crippen LogP contribution in [0.4, 0.5) is 0 Å². The smallest absolute Gasteiger partial charge is 0.333 e. The largest absolute Gasteiger partial charge is 0.479 e. The maximum Gasteiger partial charge on any atom is 0.333 e. The predicted octanol–water partition coefficient (Wildman–Crippen LogP) is 0.717. The van der Waals surface area contributed by atoms with E-state index < -0.39 is 28.6 Å². The minimum atomic E-state index is -4.09. The molecule has 0 aliphatic heterocycles. The number of carboxylic acids is 1. The zero-order valence-electron chi connectivity index (χ0n) is 8.80. The van der Waals surface area contributed by atoms with Gasteiger partial charge in [0.1, 0.15) is 4.90 Å². The van der Waals surface area contributed by atoms with Crippen molar-refractivity contribution in [3.05, 3.63) is 28.2 Å². The Morgan fingerprint density at radius 2 is 1.83 bits per heavy atom. The van der Waals surface area contributed by atoms with E-state index in [1.807, 2.05) is 4.72 Å². The standard InChI is InChI=1S/C9H9Cl2NO5S/c10-5-2-1-3-6(11)8(5)18(16,17)12-4-7(13)9(14)15/h1-3,7,12-13H,4H2,(H,14,15)/t7-/m0/s1. The first-order valence-electron chi connectivity index (χ1n) is 4.60. The van der Waals surface area contributed by atoms with E-state index >= 15 is 0 Å². The molecular formula is C9H9Cl2NO5S. The van der Waals surface area contributed by atoms with Gasteiger partial charge in [0.15, 0.2) is 6.10 Å². The van der Waals surface area contributed by atoms with E-state index in [-0.39, 0.29) is 14.9 Å².